The van der Waals surface area contributed by atoms with Gasteiger partial charge in [0.25, 0.3) is 0 Å². The maximum absolute atomic E-state index is 7.12. The molecule has 4 heteroatoms. The molecule has 0 saturated heterocycles. The summed E-state index contributed by atoms with van der Waals surface area (Å²) in [7, 11) is 0. The molecule has 0 aromatic carbocycles. The van der Waals surface area contributed by atoms with Crippen LogP contribution in [0.3, 0.4) is 0 Å². The van der Waals surface area contributed by atoms with Crippen molar-refractivity contribution in [2.75, 3.05) is 6.54 Å². The molecule has 16 heavy (non-hydrogen) atoms. The van der Waals surface area contributed by atoms with Crippen LogP contribution in [0.4, 0.5) is 0 Å². The van der Waals surface area contributed by atoms with Crippen LogP contribution in [0.5, 0.6) is 0 Å². The van der Waals surface area contributed by atoms with Crippen LogP contribution in [0.25, 0.3) is 0 Å². The van der Waals surface area contributed by atoms with Gasteiger partial charge in [0.1, 0.15) is 0 Å². The Morgan fingerprint density at radius 2 is 1.81 bits per heavy atom. The summed E-state index contributed by atoms with van der Waals surface area (Å²) < 4.78 is 0. The summed E-state index contributed by atoms with van der Waals surface area (Å²) in [6.45, 7) is 7.51. The molecule has 4 nitrogen and oxygen atoms in total. The van der Waals surface area contributed by atoms with E-state index in [9.17, 15) is 0 Å². The number of hydrogen-bond donors (Lipinski definition) is 4. The van der Waals surface area contributed by atoms with Crippen LogP contribution >= 0.6 is 0 Å². The third-order valence-corrected chi connectivity index (χ3v) is 3.07. The number of nitrogens with two attached hydrogens (primary N) is 1. The molecule has 0 heterocycles. The van der Waals surface area contributed by atoms with Gasteiger partial charge >= 0.3 is 0 Å². The van der Waals surface area contributed by atoms with Crippen molar-refractivity contribution in [3.63, 3.8) is 0 Å². The van der Waals surface area contributed by atoms with Gasteiger partial charge in [-0.15, -0.1) is 0 Å². The molecule has 0 unspecified atom stereocenters. The summed E-state index contributed by atoms with van der Waals surface area (Å²) in [5.74, 6) is 0.775. The first-order chi connectivity index (χ1) is 7.37. The smallest absolute Gasteiger partial charge is 0.185 e. The lowest BCUT2D eigenvalue weighted by Crippen LogP contribution is -2.46. The fourth-order valence-electron chi connectivity index (χ4n) is 2.38. The van der Waals surface area contributed by atoms with Gasteiger partial charge in [0.05, 0.1) is 0 Å². The van der Waals surface area contributed by atoms with Gasteiger partial charge < -0.3 is 16.4 Å². The zero-order chi connectivity index (χ0) is 12.2. The standard InChI is InChI=1S/C12H26N4/c1-12(2,3)16-10-6-4-9(5-7-10)8-15-11(13)14/h9-10,16H,4-8H2,1-3H3,(H4,13,14,15). The number of rotatable bonds is 3. The molecule has 0 spiro atoms. The molecule has 0 aromatic rings. The third-order valence-electron chi connectivity index (χ3n) is 3.07. The third kappa shape index (κ3) is 5.35. The van der Waals surface area contributed by atoms with Crippen molar-refractivity contribution in [2.24, 2.45) is 11.7 Å². The molecule has 1 rings (SSSR count). The van der Waals surface area contributed by atoms with Gasteiger partial charge in [-0.05, 0) is 52.4 Å². The first-order valence-electron chi connectivity index (χ1n) is 6.22. The molecule has 1 fully saturated rings. The van der Waals surface area contributed by atoms with Crippen LogP contribution in [0, 0.1) is 11.3 Å². The van der Waals surface area contributed by atoms with Crippen molar-refractivity contribution < 1.29 is 0 Å². The highest BCUT2D eigenvalue weighted by Crippen LogP contribution is 2.24. The van der Waals surface area contributed by atoms with E-state index in [1.54, 1.807) is 0 Å². The van der Waals surface area contributed by atoms with Crippen molar-refractivity contribution >= 4 is 5.96 Å². The molecule has 94 valence electrons. The lowest BCUT2D eigenvalue weighted by Gasteiger charge is -2.34. The van der Waals surface area contributed by atoms with Crippen LogP contribution in [0.2, 0.25) is 0 Å². The van der Waals surface area contributed by atoms with Gasteiger partial charge in [-0.3, -0.25) is 5.41 Å². The molecule has 0 bridgehead atoms. The van der Waals surface area contributed by atoms with Crippen LogP contribution in [0.1, 0.15) is 46.5 Å². The molecular weight excluding hydrogens is 200 g/mol. The highest BCUT2D eigenvalue weighted by Gasteiger charge is 2.23. The normalized spacial score (nSPS) is 26.4. The van der Waals surface area contributed by atoms with Gasteiger partial charge in [0.2, 0.25) is 0 Å². The van der Waals surface area contributed by atoms with Crippen LogP contribution < -0.4 is 16.4 Å². The zero-order valence-corrected chi connectivity index (χ0v) is 10.8. The molecule has 0 aromatic heterocycles. The molecule has 1 saturated carbocycles. The van der Waals surface area contributed by atoms with Crippen molar-refractivity contribution in [2.45, 2.75) is 58.0 Å². The summed E-state index contributed by atoms with van der Waals surface area (Å²) >= 11 is 0. The maximum atomic E-state index is 7.12. The highest BCUT2D eigenvalue weighted by atomic mass is 15.0. The Morgan fingerprint density at radius 1 is 1.25 bits per heavy atom. The van der Waals surface area contributed by atoms with Crippen molar-refractivity contribution in [1.82, 2.24) is 10.6 Å². The summed E-state index contributed by atoms with van der Waals surface area (Å²) in [4.78, 5) is 0. The Labute approximate surface area is 98.9 Å². The van der Waals surface area contributed by atoms with E-state index in [4.69, 9.17) is 11.1 Å². The SMILES string of the molecule is CC(C)(C)NC1CCC(CNC(=N)N)CC1. The average Bonchev–Trinajstić information content (AvgIpc) is 2.14. The first-order valence-corrected chi connectivity index (χ1v) is 6.22. The summed E-state index contributed by atoms with van der Waals surface area (Å²) in [5, 5.41) is 13.7. The monoisotopic (exact) mass is 226 g/mol. The van der Waals surface area contributed by atoms with E-state index in [2.05, 4.69) is 31.4 Å². The molecule has 0 aliphatic heterocycles. The summed E-state index contributed by atoms with van der Waals surface area (Å²) in [5.41, 5.74) is 5.50. The van der Waals surface area contributed by atoms with Gasteiger partial charge in [-0.25, -0.2) is 0 Å². The second-order valence-corrected chi connectivity index (χ2v) is 5.91. The van der Waals surface area contributed by atoms with Crippen LogP contribution in [0.15, 0.2) is 0 Å². The summed E-state index contributed by atoms with van der Waals surface area (Å²) in [6, 6.07) is 0.661. The average molecular weight is 226 g/mol. The predicted octanol–water partition coefficient (Wildman–Crippen LogP) is 1.42. The van der Waals surface area contributed by atoms with Crippen molar-refractivity contribution in [3.8, 4) is 0 Å². The topological polar surface area (TPSA) is 73.9 Å². The van der Waals surface area contributed by atoms with E-state index in [0.717, 1.165) is 6.54 Å². The second kappa shape index (κ2) is 5.53. The maximum Gasteiger partial charge on any atom is 0.185 e. The van der Waals surface area contributed by atoms with Gasteiger partial charge in [0.15, 0.2) is 5.96 Å². The van der Waals surface area contributed by atoms with E-state index in [1.165, 1.54) is 25.7 Å². The Bertz CT molecular complexity index is 224. The van der Waals surface area contributed by atoms with Gasteiger partial charge in [-0.1, -0.05) is 0 Å². The van der Waals surface area contributed by atoms with Gasteiger partial charge in [0, 0.05) is 18.1 Å². The second-order valence-electron chi connectivity index (χ2n) is 5.91. The molecule has 0 radical (unpaired) electrons. The van der Waals surface area contributed by atoms with E-state index in [-0.39, 0.29) is 11.5 Å². The lowest BCUT2D eigenvalue weighted by atomic mass is 9.85. The fraction of sp³-hybridized carbons (Fsp3) is 0.917. The lowest BCUT2D eigenvalue weighted by molar-refractivity contribution is 0.250. The Balaban J connectivity index is 2.21. The Kier molecular flexibility index (Phi) is 4.59. The molecule has 0 atom stereocenters. The quantitative estimate of drug-likeness (QED) is 0.434. The van der Waals surface area contributed by atoms with Crippen molar-refractivity contribution in [1.29, 1.82) is 5.41 Å². The first kappa shape index (κ1) is 13.3. The number of nitrogens with one attached hydrogen (secondary N) is 3. The minimum atomic E-state index is 0.0925. The zero-order valence-electron chi connectivity index (χ0n) is 10.8. The summed E-state index contributed by atoms with van der Waals surface area (Å²) in [6.07, 6.45) is 4.94. The van der Waals surface area contributed by atoms with E-state index < -0.39 is 0 Å². The minimum absolute atomic E-state index is 0.0925. The fourth-order valence-corrected chi connectivity index (χ4v) is 2.38. The van der Waals surface area contributed by atoms with E-state index >= 15 is 0 Å². The number of hydrogen-bond acceptors (Lipinski definition) is 2. The van der Waals surface area contributed by atoms with Crippen LogP contribution in [-0.4, -0.2) is 24.1 Å². The molecule has 0 amide bonds. The van der Waals surface area contributed by atoms with E-state index in [1.807, 2.05) is 0 Å². The van der Waals surface area contributed by atoms with Crippen molar-refractivity contribution in [3.05, 3.63) is 0 Å². The highest BCUT2D eigenvalue weighted by molar-refractivity contribution is 5.74. The minimum Gasteiger partial charge on any atom is -0.370 e. The molecule has 1 aliphatic rings. The molecule has 1 aliphatic carbocycles. The Hall–Kier alpha value is -0.770. The molecular formula is C12H26N4. The number of guanidine groups is 1. The largest absolute Gasteiger partial charge is 0.370 e. The van der Waals surface area contributed by atoms with Gasteiger partial charge in [-0.2, -0.15) is 0 Å². The van der Waals surface area contributed by atoms with E-state index in [0.29, 0.717) is 12.0 Å². The van der Waals surface area contributed by atoms with Crippen LogP contribution in [-0.2, 0) is 0 Å². The molecule has 5 N–H and O–H groups in total. The predicted molar refractivity (Wildman–Crippen MR) is 68.6 cm³/mol. The Morgan fingerprint density at radius 3 is 2.25 bits per heavy atom.